The molecule has 1 fully saturated rings. The maximum absolute atomic E-state index is 9.63. The average Bonchev–Trinajstić information content (AvgIpc) is 2.84. The summed E-state index contributed by atoms with van der Waals surface area (Å²) in [6.45, 7) is 2.63. The molecule has 1 saturated heterocycles. The van der Waals surface area contributed by atoms with Crippen LogP contribution in [0.3, 0.4) is 0 Å². The van der Waals surface area contributed by atoms with Gasteiger partial charge in [0.25, 0.3) is 0 Å². The van der Waals surface area contributed by atoms with Crippen molar-refractivity contribution in [3.63, 3.8) is 0 Å². The number of nitrogens with zero attached hydrogens (tertiary/aromatic N) is 1. The Balaban J connectivity index is 1.73. The molecule has 3 nitrogen and oxygen atoms in total. The Hall–Kier alpha value is -1.36. The summed E-state index contributed by atoms with van der Waals surface area (Å²) in [4.78, 5) is 2.35. The minimum Gasteiger partial charge on any atom is -0.508 e. The van der Waals surface area contributed by atoms with Crippen molar-refractivity contribution in [3.05, 3.63) is 64.1 Å². The van der Waals surface area contributed by atoms with Crippen LogP contribution in [0.1, 0.15) is 17.0 Å². The zero-order valence-electron chi connectivity index (χ0n) is 11.7. The van der Waals surface area contributed by atoms with Crippen molar-refractivity contribution >= 4 is 15.9 Å². The summed E-state index contributed by atoms with van der Waals surface area (Å²) >= 11 is 3.54. The molecule has 1 heterocycles. The molecule has 0 aliphatic carbocycles. The highest BCUT2D eigenvalue weighted by Gasteiger charge is 2.31. The molecule has 0 unspecified atom stereocenters. The second-order valence-electron chi connectivity index (χ2n) is 5.65. The van der Waals surface area contributed by atoms with Crippen LogP contribution in [0, 0.1) is 0 Å². The van der Waals surface area contributed by atoms with Gasteiger partial charge in [-0.05, 0) is 29.3 Å². The Morgan fingerprint density at radius 3 is 2.67 bits per heavy atom. The smallest absolute Gasteiger partial charge is 0.115 e. The molecule has 1 aliphatic rings. The van der Waals surface area contributed by atoms with Crippen LogP contribution in [0.5, 0.6) is 5.75 Å². The number of hydrogen-bond acceptors (Lipinski definition) is 3. The lowest BCUT2D eigenvalue weighted by Gasteiger charge is -2.17. The zero-order chi connectivity index (χ0) is 14.8. The Morgan fingerprint density at radius 1 is 1.14 bits per heavy atom. The quantitative estimate of drug-likeness (QED) is 0.897. The predicted octanol–water partition coefficient (Wildman–Crippen LogP) is 3.08. The standard InChI is InChI=1S/C17H19BrN2O/c18-16-7-6-14(21)8-13(16)9-20-10-15(17(19)11-20)12-4-2-1-3-5-12/h1-8,15,17,21H,9-11,19H2/t15-,17+/m0/s1. The van der Waals surface area contributed by atoms with Crippen molar-refractivity contribution in [2.24, 2.45) is 5.73 Å². The van der Waals surface area contributed by atoms with E-state index in [1.807, 2.05) is 18.2 Å². The first-order valence-electron chi connectivity index (χ1n) is 7.14. The summed E-state index contributed by atoms with van der Waals surface area (Å²) < 4.78 is 1.03. The molecule has 4 heteroatoms. The van der Waals surface area contributed by atoms with Gasteiger partial charge in [-0.15, -0.1) is 0 Å². The van der Waals surface area contributed by atoms with Crippen LogP contribution in [-0.2, 0) is 6.54 Å². The van der Waals surface area contributed by atoms with Gasteiger partial charge in [-0.3, -0.25) is 4.90 Å². The molecule has 3 rings (SSSR count). The zero-order valence-corrected chi connectivity index (χ0v) is 13.3. The SMILES string of the molecule is N[C@@H]1CN(Cc2cc(O)ccc2Br)C[C@H]1c1ccccc1. The lowest BCUT2D eigenvalue weighted by Crippen LogP contribution is -2.28. The Kier molecular flexibility index (Phi) is 4.29. The van der Waals surface area contributed by atoms with Gasteiger partial charge in [-0.1, -0.05) is 46.3 Å². The van der Waals surface area contributed by atoms with Crippen LogP contribution in [0.2, 0.25) is 0 Å². The summed E-state index contributed by atoms with van der Waals surface area (Å²) in [5.74, 6) is 0.679. The van der Waals surface area contributed by atoms with E-state index in [0.29, 0.717) is 11.7 Å². The second kappa shape index (κ2) is 6.18. The molecule has 0 radical (unpaired) electrons. The van der Waals surface area contributed by atoms with Gasteiger partial charge in [-0.2, -0.15) is 0 Å². The Morgan fingerprint density at radius 2 is 1.90 bits per heavy atom. The van der Waals surface area contributed by atoms with Gasteiger partial charge >= 0.3 is 0 Å². The molecule has 110 valence electrons. The topological polar surface area (TPSA) is 49.5 Å². The number of nitrogens with two attached hydrogens (primary N) is 1. The summed E-state index contributed by atoms with van der Waals surface area (Å²) in [6, 6.07) is 16.0. The van der Waals surface area contributed by atoms with Gasteiger partial charge < -0.3 is 10.8 Å². The van der Waals surface area contributed by atoms with E-state index < -0.39 is 0 Å². The van der Waals surface area contributed by atoms with Gasteiger partial charge in [0.1, 0.15) is 5.75 Å². The van der Waals surface area contributed by atoms with Gasteiger partial charge in [-0.25, -0.2) is 0 Å². The maximum atomic E-state index is 9.63. The van der Waals surface area contributed by atoms with Gasteiger partial charge in [0.05, 0.1) is 0 Å². The number of rotatable bonds is 3. The molecule has 0 spiro atoms. The van der Waals surface area contributed by atoms with E-state index >= 15 is 0 Å². The van der Waals surface area contributed by atoms with Crippen LogP contribution in [0.15, 0.2) is 53.0 Å². The number of hydrogen-bond donors (Lipinski definition) is 2. The van der Waals surface area contributed by atoms with Crippen molar-refractivity contribution in [1.82, 2.24) is 4.90 Å². The summed E-state index contributed by atoms with van der Waals surface area (Å²) in [7, 11) is 0. The van der Waals surface area contributed by atoms with Crippen LogP contribution >= 0.6 is 15.9 Å². The molecule has 0 amide bonds. The fourth-order valence-corrected chi connectivity index (χ4v) is 3.39. The molecule has 1 aliphatic heterocycles. The van der Waals surface area contributed by atoms with Crippen molar-refractivity contribution < 1.29 is 5.11 Å². The van der Waals surface area contributed by atoms with E-state index in [2.05, 4.69) is 45.1 Å². The van der Waals surface area contributed by atoms with E-state index in [1.54, 1.807) is 6.07 Å². The molecule has 0 aromatic heterocycles. The highest BCUT2D eigenvalue weighted by molar-refractivity contribution is 9.10. The van der Waals surface area contributed by atoms with Crippen molar-refractivity contribution in [2.75, 3.05) is 13.1 Å². The number of halogens is 1. The molecular formula is C17H19BrN2O. The van der Waals surface area contributed by atoms with Gasteiger partial charge in [0, 0.05) is 36.1 Å². The fraction of sp³-hybridized carbons (Fsp3) is 0.294. The van der Waals surface area contributed by atoms with Gasteiger partial charge in [0.2, 0.25) is 0 Å². The second-order valence-corrected chi connectivity index (χ2v) is 6.51. The third kappa shape index (κ3) is 3.28. The Bertz CT molecular complexity index is 617. The van der Waals surface area contributed by atoms with Gasteiger partial charge in [0.15, 0.2) is 0 Å². The molecular weight excluding hydrogens is 328 g/mol. The van der Waals surface area contributed by atoms with E-state index in [0.717, 1.165) is 29.7 Å². The largest absolute Gasteiger partial charge is 0.508 e. The first-order chi connectivity index (χ1) is 10.1. The summed E-state index contributed by atoms with van der Waals surface area (Å²) in [6.07, 6.45) is 0. The lowest BCUT2D eigenvalue weighted by molar-refractivity contribution is 0.322. The number of phenolic OH excluding ortho intramolecular Hbond substituents is 1. The average molecular weight is 347 g/mol. The Labute approximate surface area is 133 Å². The van der Waals surface area contributed by atoms with Crippen LogP contribution < -0.4 is 5.73 Å². The van der Waals surface area contributed by atoms with E-state index in [1.165, 1.54) is 5.56 Å². The van der Waals surface area contributed by atoms with Crippen LogP contribution in [-0.4, -0.2) is 29.1 Å². The minimum absolute atomic E-state index is 0.156. The van der Waals surface area contributed by atoms with Crippen molar-refractivity contribution in [3.8, 4) is 5.75 Å². The highest BCUT2D eigenvalue weighted by Crippen LogP contribution is 2.29. The lowest BCUT2D eigenvalue weighted by atomic mass is 9.95. The highest BCUT2D eigenvalue weighted by atomic mass is 79.9. The first-order valence-corrected chi connectivity index (χ1v) is 7.93. The molecule has 3 N–H and O–H groups in total. The van der Waals surface area contributed by atoms with Crippen molar-refractivity contribution in [1.29, 1.82) is 0 Å². The number of likely N-dealkylation sites (tertiary alicyclic amines) is 1. The minimum atomic E-state index is 0.156. The first kappa shape index (κ1) is 14.6. The summed E-state index contributed by atoms with van der Waals surface area (Å²) in [5.41, 5.74) is 8.72. The number of aromatic hydroxyl groups is 1. The maximum Gasteiger partial charge on any atom is 0.115 e. The van der Waals surface area contributed by atoms with Crippen LogP contribution in [0.4, 0.5) is 0 Å². The molecule has 0 saturated carbocycles. The fourth-order valence-electron chi connectivity index (χ4n) is 3.02. The number of benzene rings is 2. The monoisotopic (exact) mass is 346 g/mol. The summed E-state index contributed by atoms with van der Waals surface area (Å²) in [5, 5.41) is 9.63. The van der Waals surface area contributed by atoms with E-state index in [4.69, 9.17) is 5.73 Å². The normalized spacial score (nSPS) is 22.6. The molecule has 21 heavy (non-hydrogen) atoms. The number of phenols is 1. The van der Waals surface area contributed by atoms with E-state index in [9.17, 15) is 5.11 Å². The molecule has 2 aromatic rings. The predicted molar refractivity (Wildman–Crippen MR) is 88.2 cm³/mol. The van der Waals surface area contributed by atoms with E-state index in [-0.39, 0.29) is 6.04 Å². The molecule has 0 bridgehead atoms. The third-order valence-corrected chi connectivity index (χ3v) is 4.87. The third-order valence-electron chi connectivity index (χ3n) is 4.09. The molecule has 2 atom stereocenters. The van der Waals surface area contributed by atoms with Crippen molar-refractivity contribution in [2.45, 2.75) is 18.5 Å². The molecule has 2 aromatic carbocycles. The van der Waals surface area contributed by atoms with Crippen LogP contribution in [0.25, 0.3) is 0 Å².